The maximum atomic E-state index is 12.9. The van der Waals surface area contributed by atoms with E-state index in [1.165, 1.54) is 54.5 Å². The number of amides is 3. The zero-order chi connectivity index (χ0) is 26.0. The average Bonchev–Trinajstić information content (AvgIpc) is 3.11. The van der Waals surface area contributed by atoms with Gasteiger partial charge in [-0.25, -0.2) is 4.79 Å². The minimum Gasteiger partial charge on any atom is -0.497 e. The van der Waals surface area contributed by atoms with Crippen molar-refractivity contribution in [3.05, 3.63) is 58.1 Å². The monoisotopic (exact) mass is 495 g/mol. The summed E-state index contributed by atoms with van der Waals surface area (Å²) in [5.74, 6) is -1.91. The van der Waals surface area contributed by atoms with Crippen molar-refractivity contribution in [3.63, 3.8) is 0 Å². The third kappa shape index (κ3) is 4.90. The summed E-state index contributed by atoms with van der Waals surface area (Å²) >= 11 is 0. The Labute approximate surface area is 206 Å². The summed E-state index contributed by atoms with van der Waals surface area (Å²) < 4.78 is 10.0. The standard InChI is InChI=1S/C25H25N3O8/c1-14-3-9-18-19(11-14)24(31)27(23(18)30)16-6-4-15(5-7-16)25(32)36-13-22(29)26-20-12-17(35-2)8-10-21(20)28(33)34/h4-8,10,12,14,18-19H,3,9,11,13H2,1-2H3,(H,26,29)/t14-,18+,19+/m0/s1. The molecule has 2 fully saturated rings. The van der Waals surface area contributed by atoms with Crippen LogP contribution in [0.1, 0.15) is 36.5 Å². The van der Waals surface area contributed by atoms with Crippen molar-refractivity contribution in [1.82, 2.24) is 0 Å². The van der Waals surface area contributed by atoms with Crippen molar-refractivity contribution >= 4 is 40.8 Å². The Morgan fingerprint density at radius 3 is 2.44 bits per heavy atom. The predicted octanol–water partition coefficient (Wildman–Crippen LogP) is 3.32. The summed E-state index contributed by atoms with van der Waals surface area (Å²) in [6.45, 7) is 1.40. The summed E-state index contributed by atoms with van der Waals surface area (Å²) in [6.07, 6.45) is 2.30. The summed E-state index contributed by atoms with van der Waals surface area (Å²) in [6, 6.07) is 9.66. The lowest BCUT2D eigenvalue weighted by atomic mass is 9.76. The summed E-state index contributed by atoms with van der Waals surface area (Å²) in [5, 5.41) is 13.5. The number of anilines is 2. The maximum absolute atomic E-state index is 12.9. The van der Waals surface area contributed by atoms with Gasteiger partial charge in [0.25, 0.3) is 11.6 Å². The second-order valence-electron chi connectivity index (χ2n) is 8.95. The zero-order valence-corrected chi connectivity index (χ0v) is 19.8. The van der Waals surface area contributed by atoms with Crippen molar-refractivity contribution < 1.29 is 33.6 Å². The van der Waals surface area contributed by atoms with Gasteiger partial charge in [0.1, 0.15) is 11.4 Å². The highest BCUT2D eigenvalue weighted by Gasteiger charge is 2.49. The Hall–Kier alpha value is -4.28. The SMILES string of the molecule is COc1ccc([N+](=O)[O-])c(NC(=O)COC(=O)c2ccc(N3C(=O)[C@@H]4CC[C@H](C)C[C@H]4C3=O)cc2)c1. The summed E-state index contributed by atoms with van der Waals surface area (Å²) in [5.41, 5.74) is 0.0572. The molecule has 0 radical (unpaired) electrons. The number of ether oxygens (including phenoxy) is 2. The van der Waals surface area contributed by atoms with E-state index >= 15 is 0 Å². The number of carbonyl (C=O) groups excluding carboxylic acids is 4. The van der Waals surface area contributed by atoms with Crippen molar-refractivity contribution in [1.29, 1.82) is 0 Å². The number of imide groups is 1. The van der Waals surface area contributed by atoms with Gasteiger partial charge >= 0.3 is 5.97 Å². The number of methoxy groups -OCH3 is 1. The van der Waals surface area contributed by atoms with Crippen LogP contribution in [0.15, 0.2) is 42.5 Å². The lowest BCUT2D eigenvalue weighted by Crippen LogP contribution is -2.30. The fraction of sp³-hybridized carbons (Fsp3) is 0.360. The van der Waals surface area contributed by atoms with Gasteiger partial charge in [0.15, 0.2) is 6.61 Å². The molecule has 1 aliphatic heterocycles. The molecule has 11 heteroatoms. The normalized spacial score (nSPS) is 21.1. The number of nitrogens with one attached hydrogen (secondary N) is 1. The van der Waals surface area contributed by atoms with E-state index in [4.69, 9.17) is 9.47 Å². The molecule has 4 rings (SSSR count). The van der Waals surface area contributed by atoms with E-state index in [1.54, 1.807) is 0 Å². The Bertz CT molecular complexity index is 1230. The maximum Gasteiger partial charge on any atom is 0.338 e. The van der Waals surface area contributed by atoms with Crippen molar-refractivity contribution in [2.75, 3.05) is 23.9 Å². The van der Waals surface area contributed by atoms with Gasteiger partial charge in [-0.3, -0.25) is 29.4 Å². The van der Waals surface area contributed by atoms with Gasteiger partial charge in [-0.2, -0.15) is 0 Å². The second kappa shape index (κ2) is 10.1. The van der Waals surface area contributed by atoms with Crippen LogP contribution < -0.4 is 15.0 Å². The van der Waals surface area contributed by atoms with Gasteiger partial charge in [0.2, 0.25) is 11.8 Å². The molecule has 1 N–H and O–H groups in total. The number of fused-ring (bicyclic) bond motifs is 1. The van der Waals surface area contributed by atoms with Gasteiger partial charge in [0.05, 0.1) is 35.1 Å². The van der Waals surface area contributed by atoms with E-state index in [2.05, 4.69) is 12.2 Å². The molecular weight excluding hydrogens is 470 g/mol. The number of nitro benzene ring substituents is 1. The molecule has 1 saturated carbocycles. The predicted molar refractivity (Wildman–Crippen MR) is 127 cm³/mol. The molecule has 3 amide bonds. The number of hydrogen-bond donors (Lipinski definition) is 1. The topological polar surface area (TPSA) is 145 Å². The van der Waals surface area contributed by atoms with Gasteiger partial charge in [-0.1, -0.05) is 6.92 Å². The van der Waals surface area contributed by atoms with Crippen LogP contribution in [0.3, 0.4) is 0 Å². The van der Waals surface area contributed by atoms with Crippen LogP contribution in [0.5, 0.6) is 5.75 Å². The molecule has 2 aliphatic rings. The number of hydrogen-bond acceptors (Lipinski definition) is 8. The van der Waals surface area contributed by atoms with Crippen molar-refractivity contribution in [2.24, 2.45) is 17.8 Å². The Morgan fingerprint density at radius 1 is 1.08 bits per heavy atom. The van der Waals surface area contributed by atoms with E-state index in [-0.39, 0.29) is 40.6 Å². The van der Waals surface area contributed by atoms with Crippen molar-refractivity contribution in [3.8, 4) is 5.75 Å². The van der Waals surface area contributed by atoms with Crippen LogP contribution in [0, 0.1) is 27.9 Å². The van der Waals surface area contributed by atoms with Gasteiger partial charge in [-0.15, -0.1) is 0 Å². The van der Waals surface area contributed by atoms with Gasteiger partial charge in [0, 0.05) is 12.1 Å². The number of rotatable bonds is 7. The average molecular weight is 495 g/mol. The molecule has 0 unspecified atom stereocenters. The first-order valence-corrected chi connectivity index (χ1v) is 11.5. The third-order valence-corrected chi connectivity index (χ3v) is 6.56. The number of esters is 1. The van der Waals surface area contributed by atoms with Crippen LogP contribution in [0.2, 0.25) is 0 Å². The zero-order valence-electron chi connectivity index (χ0n) is 19.8. The first kappa shape index (κ1) is 24.8. The molecule has 0 aromatic heterocycles. The largest absolute Gasteiger partial charge is 0.497 e. The van der Waals surface area contributed by atoms with Crippen LogP contribution in [0.4, 0.5) is 17.1 Å². The first-order chi connectivity index (χ1) is 17.2. The van der Waals surface area contributed by atoms with Crippen LogP contribution in [-0.2, 0) is 19.1 Å². The molecular formula is C25H25N3O8. The molecule has 2 aromatic carbocycles. The summed E-state index contributed by atoms with van der Waals surface area (Å²) in [7, 11) is 1.38. The van der Waals surface area contributed by atoms with Crippen LogP contribution in [-0.4, -0.2) is 42.3 Å². The highest BCUT2D eigenvalue weighted by atomic mass is 16.6. The molecule has 1 aliphatic carbocycles. The molecule has 0 bridgehead atoms. The van der Waals surface area contributed by atoms with E-state index in [1.807, 2.05) is 0 Å². The Balaban J connectivity index is 1.37. The molecule has 36 heavy (non-hydrogen) atoms. The quantitative estimate of drug-likeness (QED) is 0.266. The smallest absolute Gasteiger partial charge is 0.338 e. The van der Waals surface area contributed by atoms with Crippen LogP contribution >= 0.6 is 0 Å². The molecule has 188 valence electrons. The lowest BCUT2D eigenvalue weighted by molar-refractivity contribution is -0.383. The number of nitro groups is 1. The highest BCUT2D eigenvalue weighted by Crippen LogP contribution is 2.42. The molecule has 3 atom stereocenters. The number of carbonyl (C=O) groups is 4. The minimum atomic E-state index is -0.807. The van der Waals surface area contributed by atoms with Crippen LogP contribution in [0.25, 0.3) is 0 Å². The molecule has 2 aromatic rings. The minimum absolute atomic E-state index is 0.0975. The molecule has 1 heterocycles. The lowest BCUT2D eigenvalue weighted by Gasteiger charge is -2.25. The fourth-order valence-electron chi connectivity index (χ4n) is 4.69. The van der Waals surface area contributed by atoms with E-state index < -0.39 is 23.4 Å². The van der Waals surface area contributed by atoms with E-state index in [9.17, 15) is 29.3 Å². The van der Waals surface area contributed by atoms with E-state index in [0.717, 1.165) is 6.42 Å². The third-order valence-electron chi connectivity index (χ3n) is 6.56. The van der Waals surface area contributed by atoms with Crippen molar-refractivity contribution in [2.45, 2.75) is 26.2 Å². The number of benzene rings is 2. The first-order valence-electron chi connectivity index (χ1n) is 11.5. The van der Waals surface area contributed by atoms with Gasteiger partial charge in [-0.05, 0) is 55.5 Å². The number of nitrogens with zero attached hydrogens (tertiary/aromatic N) is 2. The second-order valence-corrected chi connectivity index (χ2v) is 8.95. The molecule has 0 spiro atoms. The molecule has 11 nitrogen and oxygen atoms in total. The Morgan fingerprint density at radius 2 is 1.78 bits per heavy atom. The fourth-order valence-corrected chi connectivity index (χ4v) is 4.69. The van der Waals surface area contributed by atoms with E-state index in [0.29, 0.717) is 30.2 Å². The summed E-state index contributed by atoms with van der Waals surface area (Å²) in [4.78, 5) is 62.1. The molecule has 1 saturated heterocycles. The van der Waals surface area contributed by atoms with Gasteiger partial charge < -0.3 is 14.8 Å². The highest BCUT2D eigenvalue weighted by molar-refractivity contribution is 6.22. The Kier molecular flexibility index (Phi) is 7.00.